The topological polar surface area (TPSA) is 64.2 Å². The van der Waals surface area contributed by atoms with E-state index in [-0.39, 0.29) is 0 Å². The van der Waals surface area contributed by atoms with Gasteiger partial charge < -0.3 is 9.80 Å². The van der Waals surface area contributed by atoms with Crippen LogP contribution in [0.5, 0.6) is 0 Å². The Kier molecular flexibility index (Phi) is 4.56. The summed E-state index contributed by atoms with van der Waals surface area (Å²) in [6, 6.07) is 12.5. The number of nitrogens with zero attached hydrogens (tertiary/aromatic N) is 6. The van der Waals surface area contributed by atoms with Crippen molar-refractivity contribution in [3.05, 3.63) is 52.5 Å². The van der Waals surface area contributed by atoms with Gasteiger partial charge in [-0.1, -0.05) is 29.5 Å². The Hall–Kier alpha value is -2.36. The molecule has 0 aliphatic carbocycles. The molecule has 0 saturated carbocycles. The molecule has 4 aromatic rings. The lowest BCUT2D eigenvalue weighted by atomic mass is 10.3. The molecule has 0 unspecified atom stereocenters. The Morgan fingerprint density at radius 3 is 2.78 bits per heavy atom. The van der Waals surface area contributed by atoms with E-state index in [0.717, 1.165) is 55.7 Å². The van der Waals surface area contributed by atoms with Crippen LogP contribution in [0.3, 0.4) is 0 Å². The molecule has 0 atom stereocenters. The molecular formula is C18H20N7S2+. The van der Waals surface area contributed by atoms with Crippen LogP contribution in [0.1, 0.15) is 10.7 Å². The third-order valence-corrected chi connectivity index (χ3v) is 6.88. The molecule has 0 bridgehead atoms. The quantitative estimate of drug-likeness (QED) is 0.549. The molecule has 0 radical (unpaired) electrons. The number of hydrogen-bond donors (Lipinski definition) is 1. The van der Waals surface area contributed by atoms with Crippen LogP contribution in [-0.4, -0.2) is 51.4 Å². The highest BCUT2D eigenvalue weighted by Gasteiger charge is 2.24. The van der Waals surface area contributed by atoms with Crippen molar-refractivity contribution in [2.75, 3.05) is 31.1 Å². The van der Waals surface area contributed by atoms with E-state index >= 15 is 0 Å². The molecule has 7 nitrogen and oxygen atoms in total. The zero-order chi connectivity index (χ0) is 18.1. The Morgan fingerprint density at radius 2 is 1.96 bits per heavy atom. The van der Waals surface area contributed by atoms with Crippen LogP contribution in [0.2, 0.25) is 0 Å². The lowest BCUT2D eigenvalue weighted by Crippen LogP contribution is -3.13. The minimum atomic E-state index is 0.755. The average molecular weight is 399 g/mol. The fraction of sp³-hybridized carbons (Fsp3) is 0.333. The summed E-state index contributed by atoms with van der Waals surface area (Å²) < 4.78 is 3.19. The van der Waals surface area contributed by atoms with Gasteiger partial charge in [-0.05, 0) is 34.0 Å². The molecule has 5 rings (SSSR count). The van der Waals surface area contributed by atoms with Gasteiger partial charge in [-0.2, -0.15) is 0 Å². The fourth-order valence-corrected chi connectivity index (χ4v) is 5.14. The maximum atomic E-state index is 4.79. The lowest BCUT2D eigenvalue weighted by molar-refractivity contribution is -0.915. The molecule has 3 aromatic heterocycles. The van der Waals surface area contributed by atoms with E-state index in [0.29, 0.717) is 0 Å². The summed E-state index contributed by atoms with van der Waals surface area (Å²) in [5.41, 5.74) is 1.10. The summed E-state index contributed by atoms with van der Waals surface area (Å²) in [6.45, 7) is 5.80. The van der Waals surface area contributed by atoms with Gasteiger partial charge in [0.05, 0.1) is 42.9 Å². The van der Waals surface area contributed by atoms with Crippen molar-refractivity contribution < 1.29 is 4.90 Å². The Morgan fingerprint density at radius 1 is 1.07 bits per heavy atom. The van der Waals surface area contributed by atoms with E-state index in [1.807, 2.05) is 10.7 Å². The van der Waals surface area contributed by atoms with Gasteiger partial charge in [-0.15, -0.1) is 16.4 Å². The highest BCUT2D eigenvalue weighted by molar-refractivity contribution is 7.22. The number of nitrogens with one attached hydrogen (secondary N) is 1. The maximum absolute atomic E-state index is 4.79. The molecule has 0 spiro atoms. The maximum Gasteiger partial charge on any atom is 0.206 e. The van der Waals surface area contributed by atoms with Crippen LogP contribution in [-0.2, 0) is 13.1 Å². The van der Waals surface area contributed by atoms with Gasteiger partial charge in [-0.3, -0.25) is 0 Å². The predicted molar refractivity (Wildman–Crippen MR) is 107 cm³/mol. The average Bonchev–Trinajstić information content (AvgIpc) is 3.44. The highest BCUT2D eigenvalue weighted by Crippen LogP contribution is 2.28. The Labute approximate surface area is 164 Å². The van der Waals surface area contributed by atoms with Crippen LogP contribution in [0.4, 0.5) is 5.13 Å². The van der Waals surface area contributed by atoms with Gasteiger partial charge in [-0.25, -0.2) is 9.67 Å². The van der Waals surface area contributed by atoms with Gasteiger partial charge in [0.1, 0.15) is 6.54 Å². The SMILES string of the molecule is c1csc(Cn2nnnc2C[NH+]2CCN(c3nc4ccccc4s3)CC2)c1. The van der Waals surface area contributed by atoms with E-state index in [1.54, 1.807) is 22.7 Å². The molecule has 27 heavy (non-hydrogen) atoms. The van der Waals surface area contributed by atoms with Crippen LogP contribution in [0, 0.1) is 0 Å². The van der Waals surface area contributed by atoms with Crippen LogP contribution >= 0.6 is 22.7 Å². The zero-order valence-corrected chi connectivity index (χ0v) is 16.4. The van der Waals surface area contributed by atoms with Gasteiger partial charge >= 0.3 is 0 Å². The molecule has 4 heterocycles. The number of hydrogen-bond acceptors (Lipinski definition) is 7. The van der Waals surface area contributed by atoms with Crippen molar-refractivity contribution >= 4 is 38.0 Å². The van der Waals surface area contributed by atoms with E-state index in [9.17, 15) is 0 Å². The smallest absolute Gasteiger partial charge is 0.206 e. The predicted octanol–water partition coefficient (Wildman–Crippen LogP) is 1.30. The first-order chi connectivity index (χ1) is 13.3. The summed E-state index contributed by atoms with van der Waals surface area (Å²) in [4.78, 5) is 10.00. The minimum absolute atomic E-state index is 0.755. The van der Waals surface area contributed by atoms with E-state index in [2.05, 4.69) is 56.1 Å². The molecule has 1 aliphatic heterocycles. The number of thiazole rings is 1. The third kappa shape index (κ3) is 3.58. The number of fused-ring (bicyclic) bond motifs is 1. The number of piperazine rings is 1. The van der Waals surface area contributed by atoms with Crippen LogP contribution in [0.25, 0.3) is 10.2 Å². The lowest BCUT2D eigenvalue weighted by Gasteiger charge is -2.31. The number of rotatable bonds is 5. The summed E-state index contributed by atoms with van der Waals surface area (Å²) in [5.74, 6) is 0.965. The minimum Gasteiger partial charge on any atom is -0.337 e. The molecule has 1 fully saturated rings. The van der Waals surface area contributed by atoms with Crippen LogP contribution < -0.4 is 9.80 Å². The Bertz CT molecular complexity index is 982. The number of quaternary nitrogens is 1. The van der Waals surface area contributed by atoms with Crippen molar-refractivity contribution in [1.29, 1.82) is 0 Å². The van der Waals surface area contributed by atoms with E-state index < -0.39 is 0 Å². The molecule has 1 aromatic carbocycles. The fourth-order valence-electron chi connectivity index (χ4n) is 3.43. The second-order valence-electron chi connectivity index (χ2n) is 6.71. The zero-order valence-electron chi connectivity index (χ0n) is 14.8. The molecule has 0 amide bonds. The van der Waals surface area contributed by atoms with Crippen molar-refractivity contribution in [3.8, 4) is 0 Å². The molecule has 138 valence electrons. The molecule has 9 heteroatoms. The first kappa shape index (κ1) is 16.8. The number of thiophene rings is 1. The first-order valence-corrected chi connectivity index (χ1v) is 10.8. The largest absolute Gasteiger partial charge is 0.337 e. The van der Waals surface area contributed by atoms with Crippen molar-refractivity contribution in [2.45, 2.75) is 13.1 Å². The van der Waals surface area contributed by atoms with Gasteiger partial charge in [0.25, 0.3) is 0 Å². The van der Waals surface area contributed by atoms with E-state index in [1.165, 1.54) is 14.5 Å². The second-order valence-corrected chi connectivity index (χ2v) is 8.75. The summed E-state index contributed by atoms with van der Waals surface area (Å²) in [7, 11) is 0. The molecule has 1 N–H and O–H groups in total. The molecule has 1 aliphatic rings. The van der Waals surface area contributed by atoms with Crippen molar-refractivity contribution in [2.24, 2.45) is 0 Å². The van der Waals surface area contributed by atoms with Gasteiger partial charge in [0.15, 0.2) is 5.13 Å². The standard InChI is InChI=1S/C18H19N7S2/c1-2-6-16-15(5-1)19-18(27-16)24-9-7-23(8-10-24)13-17-20-21-22-25(17)12-14-4-3-11-26-14/h1-6,11H,7-10,12-13H2/p+1. The van der Waals surface area contributed by atoms with E-state index in [4.69, 9.17) is 4.98 Å². The van der Waals surface area contributed by atoms with Gasteiger partial charge in [0, 0.05) is 4.88 Å². The summed E-state index contributed by atoms with van der Waals surface area (Å²) in [6.07, 6.45) is 0. The van der Waals surface area contributed by atoms with Gasteiger partial charge in [0.2, 0.25) is 5.82 Å². The highest BCUT2D eigenvalue weighted by atomic mass is 32.1. The number of tetrazole rings is 1. The molecule has 1 saturated heterocycles. The second kappa shape index (κ2) is 7.34. The number of benzene rings is 1. The summed E-state index contributed by atoms with van der Waals surface area (Å²) in [5, 5.41) is 15.5. The number of anilines is 1. The third-order valence-electron chi connectivity index (χ3n) is 4.92. The monoisotopic (exact) mass is 398 g/mol. The normalized spacial score (nSPS) is 15.6. The molecular weight excluding hydrogens is 378 g/mol. The summed E-state index contributed by atoms with van der Waals surface area (Å²) >= 11 is 3.52. The van der Waals surface area contributed by atoms with Crippen molar-refractivity contribution in [3.63, 3.8) is 0 Å². The van der Waals surface area contributed by atoms with Crippen molar-refractivity contribution in [1.82, 2.24) is 25.2 Å². The number of aromatic nitrogens is 5. The first-order valence-electron chi connectivity index (χ1n) is 9.07. The number of para-hydroxylation sites is 1. The van der Waals surface area contributed by atoms with Crippen LogP contribution in [0.15, 0.2) is 41.8 Å². The Balaban J connectivity index is 1.22.